The quantitative estimate of drug-likeness (QED) is 0.592. The van der Waals surface area contributed by atoms with Crippen molar-refractivity contribution in [3.05, 3.63) is 53.6 Å². The average Bonchev–Trinajstić information content (AvgIpc) is 2.65. The minimum atomic E-state index is -0.785. The first kappa shape index (κ1) is 20.7. The molecular formula is C21H27N3O3S. The van der Waals surface area contributed by atoms with Crippen LogP contribution in [0, 0.1) is 13.8 Å². The van der Waals surface area contributed by atoms with Crippen molar-refractivity contribution in [2.75, 3.05) is 33.9 Å². The number of carbonyl (C=O) groups is 1. The van der Waals surface area contributed by atoms with Gasteiger partial charge < -0.3 is 4.74 Å². The Morgan fingerprint density at radius 3 is 2.21 bits per heavy atom. The second-order valence-electron chi connectivity index (χ2n) is 7.53. The maximum atomic E-state index is 12.5. The summed E-state index contributed by atoms with van der Waals surface area (Å²) < 4.78 is 5.16. The summed E-state index contributed by atoms with van der Waals surface area (Å²) in [6.45, 7) is 6.02. The Hall–Kier alpha value is -2.06. The van der Waals surface area contributed by atoms with Crippen LogP contribution >= 0.6 is 11.8 Å². The second-order valence-corrected chi connectivity index (χ2v) is 8.98. The molecule has 0 aromatic heterocycles. The molecule has 0 atom stereocenters. The van der Waals surface area contributed by atoms with Crippen molar-refractivity contribution in [2.45, 2.75) is 23.5 Å². The van der Waals surface area contributed by atoms with Crippen molar-refractivity contribution < 1.29 is 14.7 Å². The molecule has 0 saturated carbocycles. The normalized spacial score (nSPS) is 17.3. The molecule has 2 aromatic carbocycles. The van der Waals surface area contributed by atoms with Gasteiger partial charge in [0.25, 0.3) is 5.91 Å². The van der Waals surface area contributed by atoms with E-state index in [1.54, 1.807) is 0 Å². The lowest BCUT2D eigenvalue weighted by Gasteiger charge is -2.43. The molecule has 1 aliphatic heterocycles. The Bertz CT molecular complexity index is 831. The molecule has 3 rings (SSSR count). The first-order chi connectivity index (χ1) is 13.3. The monoisotopic (exact) mass is 401 g/mol. The highest BCUT2D eigenvalue weighted by atomic mass is 32.2. The molecule has 1 amide bonds. The number of hydroxylamine groups is 1. The number of thioether (sulfide) groups is 1. The van der Waals surface area contributed by atoms with E-state index in [9.17, 15) is 10.0 Å². The van der Waals surface area contributed by atoms with Gasteiger partial charge in [0.2, 0.25) is 0 Å². The fourth-order valence-corrected chi connectivity index (χ4v) is 4.94. The van der Waals surface area contributed by atoms with E-state index in [-0.39, 0.29) is 5.91 Å². The molecule has 1 heterocycles. The summed E-state index contributed by atoms with van der Waals surface area (Å²) >= 11 is 1.46. The van der Waals surface area contributed by atoms with E-state index in [1.165, 1.54) is 22.9 Å². The van der Waals surface area contributed by atoms with Crippen molar-refractivity contribution in [2.24, 2.45) is 0 Å². The molecule has 150 valence electrons. The van der Waals surface area contributed by atoms with E-state index in [4.69, 9.17) is 4.74 Å². The van der Waals surface area contributed by atoms with Gasteiger partial charge in [-0.05, 0) is 75.5 Å². The Balaban J connectivity index is 1.76. The SMILES string of the molecule is Cc1ccc(Oc2ccc(SC3(C(=O)NO)CN(C)CN(C)C3)cc2)cc1C. The number of rotatable bonds is 5. The molecule has 2 N–H and O–H groups in total. The van der Waals surface area contributed by atoms with Crippen LogP contribution < -0.4 is 10.2 Å². The minimum absolute atomic E-state index is 0.383. The van der Waals surface area contributed by atoms with Crippen LogP contribution in [0.3, 0.4) is 0 Å². The molecule has 1 fully saturated rings. The topological polar surface area (TPSA) is 65.0 Å². The van der Waals surface area contributed by atoms with Crippen molar-refractivity contribution in [3.8, 4) is 11.5 Å². The number of aryl methyl sites for hydroxylation is 2. The van der Waals surface area contributed by atoms with E-state index in [2.05, 4.69) is 23.6 Å². The van der Waals surface area contributed by atoms with Crippen LogP contribution in [0.25, 0.3) is 0 Å². The molecule has 0 unspecified atom stereocenters. The first-order valence-electron chi connectivity index (χ1n) is 9.17. The van der Waals surface area contributed by atoms with Gasteiger partial charge in [-0.3, -0.25) is 19.8 Å². The predicted molar refractivity (Wildman–Crippen MR) is 111 cm³/mol. The van der Waals surface area contributed by atoms with Crippen LogP contribution in [0.15, 0.2) is 47.4 Å². The molecule has 1 aliphatic rings. The number of amides is 1. The fraction of sp³-hybridized carbons (Fsp3) is 0.381. The second kappa shape index (κ2) is 8.53. The molecule has 6 nitrogen and oxygen atoms in total. The Morgan fingerprint density at radius 1 is 1.04 bits per heavy atom. The van der Waals surface area contributed by atoms with Crippen molar-refractivity contribution in [3.63, 3.8) is 0 Å². The van der Waals surface area contributed by atoms with Gasteiger partial charge in [0.15, 0.2) is 0 Å². The van der Waals surface area contributed by atoms with Gasteiger partial charge >= 0.3 is 0 Å². The summed E-state index contributed by atoms with van der Waals surface area (Å²) in [5, 5.41) is 9.28. The summed E-state index contributed by atoms with van der Waals surface area (Å²) in [6.07, 6.45) is 0. The standard InChI is InChI=1S/C21H27N3O3S/c1-15-5-6-18(11-16(15)2)27-17-7-9-19(10-8-17)28-21(20(25)22-26)12-23(3)14-24(4)13-21/h5-11,26H,12-14H2,1-4H3,(H,22,25). The first-order valence-corrected chi connectivity index (χ1v) is 9.99. The van der Waals surface area contributed by atoms with Crippen LogP contribution in [-0.4, -0.2) is 59.5 Å². The Morgan fingerprint density at radius 2 is 1.64 bits per heavy atom. The largest absolute Gasteiger partial charge is 0.457 e. The lowest BCUT2D eigenvalue weighted by molar-refractivity contribution is -0.134. The summed E-state index contributed by atoms with van der Waals surface area (Å²) in [5.74, 6) is 1.16. The maximum absolute atomic E-state index is 12.5. The van der Waals surface area contributed by atoms with Crippen molar-refractivity contribution >= 4 is 17.7 Å². The van der Waals surface area contributed by atoms with Crippen LogP contribution in [0.4, 0.5) is 0 Å². The van der Waals surface area contributed by atoms with Crippen LogP contribution in [0.1, 0.15) is 11.1 Å². The third-order valence-electron chi connectivity index (χ3n) is 4.90. The van der Waals surface area contributed by atoms with E-state index in [0.717, 1.165) is 23.1 Å². The number of nitrogens with zero attached hydrogens (tertiary/aromatic N) is 2. The predicted octanol–water partition coefficient (Wildman–Crippen LogP) is 3.27. The smallest absolute Gasteiger partial charge is 0.262 e. The Labute approximate surface area is 170 Å². The van der Waals surface area contributed by atoms with Crippen molar-refractivity contribution in [1.82, 2.24) is 15.3 Å². The summed E-state index contributed by atoms with van der Waals surface area (Å²) in [4.78, 5) is 17.6. The van der Waals surface area contributed by atoms with Gasteiger partial charge in [-0.25, -0.2) is 5.48 Å². The van der Waals surface area contributed by atoms with Crippen LogP contribution in [0.2, 0.25) is 0 Å². The van der Waals surface area contributed by atoms with E-state index in [0.29, 0.717) is 13.1 Å². The van der Waals surface area contributed by atoms with Crippen molar-refractivity contribution in [1.29, 1.82) is 0 Å². The van der Waals surface area contributed by atoms with Gasteiger partial charge in [-0.2, -0.15) is 0 Å². The molecule has 0 radical (unpaired) electrons. The average molecular weight is 402 g/mol. The molecule has 0 aliphatic carbocycles. The third-order valence-corrected chi connectivity index (χ3v) is 6.24. The molecule has 7 heteroatoms. The third kappa shape index (κ3) is 4.67. The maximum Gasteiger partial charge on any atom is 0.262 e. The van der Waals surface area contributed by atoms with Crippen LogP contribution in [0.5, 0.6) is 11.5 Å². The number of hydrogen-bond acceptors (Lipinski definition) is 6. The molecule has 0 spiro atoms. The lowest BCUT2D eigenvalue weighted by Crippen LogP contribution is -2.61. The zero-order chi connectivity index (χ0) is 20.3. The van der Waals surface area contributed by atoms with Gasteiger partial charge in [0.1, 0.15) is 16.2 Å². The fourth-order valence-electron chi connectivity index (χ4n) is 3.51. The molecule has 2 aromatic rings. The summed E-state index contributed by atoms with van der Waals surface area (Å²) in [6, 6.07) is 13.7. The van der Waals surface area contributed by atoms with Crippen LogP contribution in [-0.2, 0) is 4.79 Å². The van der Waals surface area contributed by atoms with E-state index < -0.39 is 4.75 Å². The number of hydrogen-bond donors (Lipinski definition) is 2. The molecule has 28 heavy (non-hydrogen) atoms. The molecule has 1 saturated heterocycles. The number of benzene rings is 2. The van der Waals surface area contributed by atoms with Gasteiger partial charge in [0.05, 0.1) is 6.67 Å². The van der Waals surface area contributed by atoms with Gasteiger partial charge in [-0.15, -0.1) is 11.8 Å². The number of carbonyl (C=O) groups excluding carboxylic acids is 1. The number of ether oxygens (including phenoxy) is 1. The lowest BCUT2D eigenvalue weighted by atomic mass is 10.1. The summed E-state index contributed by atoms with van der Waals surface area (Å²) in [7, 11) is 3.94. The van der Waals surface area contributed by atoms with E-state index >= 15 is 0 Å². The van der Waals surface area contributed by atoms with E-state index in [1.807, 2.05) is 62.0 Å². The zero-order valence-corrected chi connectivity index (χ0v) is 17.5. The van der Waals surface area contributed by atoms with Gasteiger partial charge in [-0.1, -0.05) is 6.07 Å². The molecule has 0 bridgehead atoms. The zero-order valence-electron chi connectivity index (χ0n) is 16.7. The Kier molecular flexibility index (Phi) is 6.30. The minimum Gasteiger partial charge on any atom is -0.457 e. The van der Waals surface area contributed by atoms with Gasteiger partial charge in [0, 0.05) is 18.0 Å². The highest BCUT2D eigenvalue weighted by Crippen LogP contribution is 2.37. The molecular weight excluding hydrogens is 374 g/mol. The highest BCUT2D eigenvalue weighted by molar-refractivity contribution is 8.01. The summed E-state index contributed by atoms with van der Waals surface area (Å²) in [5.41, 5.74) is 4.27. The highest BCUT2D eigenvalue weighted by Gasteiger charge is 2.44. The number of nitrogens with one attached hydrogen (secondary N) is 1.